The van der Waals surface area contributed by atoms with Gasteiger partial charge in [0, 0.05) is 5.69 Å². The summed E-state index contributed by atoms with van der Waals surface area (Å²) in [5, 5.41) is 10.4. The minimum atomic E-state index is -0.409. The standard InChI is InChI=1S/C16H13N3O2/c20-15(17-13-9-5-2-6-10-13)16-19-18-14(21-16)11-12-7-3-1-4-8-12/h1-10H,11H2,(H,17,20). The maximum absolute atomic E-state index is 12.0. The van der Waals surface area contributed by atoms with Crippen LogP contribution in [-0.4, -0.2) is 16.1 Å². The summed E-state index contributed by atoms with van der Waals surface area (Å²) in [5.74, 6) is -0.0304. The number of rotatable bonds is 4. The number of nitrogens with zero attached hydrogens (tertiary/aromatic N) is 2. The van der Waals surface area contributed by atoms with E-state index in [0.717, 1.165) is 5.56 Å². The highest BCUT2D eigenvalue weighted by molar-refractivity contribution is 6.00. The highest BCUT2D eigenvalue weighted by Crippen LogP contribution is 2.10. The molecule has 0 atom stereocenters. The lowest BCUT2D eigenvalue weighted by Crippen LogP contribution is -2.12. The van der Waals surface area contributed by atoms with E-state index in [0.29, 0.717) is 18.0 Å². The zero-order valence-corrected chi connectivity index (χ0v) is 11.2. The van der Waals surface area contributed by atoms with Gasteiger partial charge in [0.2, 0.25) is 5.89 Å². The third-order valence-corrected chi connectivity index (χ3v) is 2.89. The molecule has 104 valence electrons. The molecule has 2 aromatic carbocycles. The first-order chi connectivity index (χ1) is 10.3. The Morgan fingerprint density at radius 3 is 2.33 bits per heavy atom. The van der Waals surface area contributed by atoms with E-state index in [1.807, 2.05) is 48.5 Å². The third-order valence-electron chi connectivity index (χ3n) is 2.89. The minimum Gasteiger partial charge on any atom is -0.417 e. The topological polar surface area (TPSA) is 68.0 Å². The third kappa shape index (κ3) is 3.33. The number of benzene rings is 2. The second-order valence-electron chi connectivity index (χ2n) is 4.48. The Kier molecular flexibility index (Phi) is 3.73. The van der Waals surface area contributed by atoms with Crippen molar-refractivity contribution < 1.29 is 9.21 Å². The molecule has 1 amide bonds. The van der Waals surface area contributed by atoms with Crippen LogP contribution in [-0.2, 0) is 6.42 Å². The van der Waals surface area contributed by atoms with Crippen LogP contribution < -0.4 is 5.32 Å². The van der Waals surface area contributed by atoms with Gasteiger partial charge in [-0.25, -0.2) is 0 Å². The van der Waals surface area contributed by atoms with Gasteiger partial charge < -0.3 is 9.73 Å². The molecule has 5 nitrogen and oxygen atoms in total. The second-order valence-corrected chi connectivity index (χ2v) is 4.48. The summed E-state index contributed by atoms with van der Waals surface area (Å²) >= 11 is 0. The van der Waals surface area contributed by atoms with E-state index in [-0.39, 0.29) is 5.89 Å². The van der Waals surface area contributed by atoms with Crippen LogP contribution in [0.15, 0.2) is 65.1 Å². The molecule has 1 aromatic heterocycles. The molecule has 21 heavy (non-hydrogen) atoms. The number of carbonyl (C=O) groups excluding carboxylic acids is 1. The summed E-state index contributed by atoms with van der Waals surface area (Å²) < 4.78 is 5.39. The lowest BCUT2D eigenvalue weighted by molar-refractivity contribution is 0.0988. The summed E-state index contributed by atoms with van der Waals surface area (Å²) in [6.45, 7) is 0. The quantitative estimate of drug-likeness (QED) is 0.797. The van der Waals surface area contributed by atoms with Gasteiger partial charge in [-0.05, 0) is 17.7 Å². The Balaban J connectivity index is 1.68. The first-order valence-corrected chi connectivity index (χ1v) is 6.54. The van der Waals surface area contributed by atoms with Crippen LogP contribution >= 0.6 is 0 Å². The lowest BCUT2D eigenvalue weighted by Gasteiger charge is -2.00. The van der Waals surface area contributed by atoms with E-state index in [1.54, 1.807) is 12.1 Å². The summed E-state index contributed by atoms with van der Waals surface area (Å²) in [6, 6.07) is 18.9. The van der Waals surface area contributed by atoms with Crippen LogP contribution in [0.4, 0.5) is 5.69 Å². The van der Waals surface area contributed by atoms with Crippen molar-refractivity contribution in [2.24, 2.45) is 0 Å². The summed E-state index contributed by atoms with van der Waals surface area (Å²) in [5.41, 5.74) is 1.74. The molecule has 5 heteroatoms. The zero-order chi connectivity index (χ0) is 14.5. The first kappa shape index (κ1) is 13.1. The maximum atomic E-state index is 12.0. The Hall–Kier alpha value is -2.95. The van der Waals surface area contributed by atoms with Gasteiger partial charge in [-0.1, -0.05) is 48.5 Å². The predicted octanol–water partition coefficient (Wildman–Crippen LogP) is 2.91. The normalized spacial score (nSPS) is 10.3. The fourth-order valence-corrected chi connectivity index (χ4v) is 1.89. The highest BCUT2D eigenvalue weighted by Gasteiger charge is 2.15. The van der Waals surface area contributed by atoms with Gasteiger partial charge in [0.1, 0.15) is 0 Å². The fraction of sp³-hybridized carbons (Fsp3) is 0.0625. The minimum absolute atomic E-state index is 0.0372. The van der Waals surface area contributed by atoms with Gasteiger partial charge in [-0.15, -0.1) is 10.2 Å². The molecular formula is C16H13N3O2. The van der Waals surface area contributed by atoms with Crippen molar-refractivity contribution in [1.82, 2.24) is 10.2 Å². The van der Waals surface area contributed by atoms with Crippen molar-refractivity contribution >= 4 is 11.6 Å². The average Bonchev–Trinajstić information content (AvgIpc) is 2.98. The number of anilines is 1. The Labute approximate surface area is 121 Å². The van der Waals surface area contributed by atoms with Gasteiger partial charge in [-0.2, -0.15) is 0 Å². The molecular weight excluding hydrogens is 266 g/mol. The van der Waals surface area contributed by atoms with Crippen LogP contribution in [0.2, 0.25) is 0 Å². The SMILES string of the molecule is O=C(Nc1ccccc1)c1nnc(Cc2ccccc2)o1. The molecule has 3 rings (SSSR count). The molecule has 0 fully saturated rings. The number of carbonyl (C=O) groups is 1. The van der Waals surface area contributed by atoms with Gasteiger partial charge in [0.25, 0.3) is 0 Å². The van der Waals surface area contributed by atoms with E-state index in [4.69, 9.17) is 4.42 Å². The molecule has 0 saturated carbocycles. The zero-order valence-electron chi connectivity index (χ0n) is 11.2. The van der Waals surface area contributed by atoms with Gasteiger partial charge >= 0.3 is 11.8 Å². The maximum Gasteiger partial charge on any atom is 0.313 e. The number of amides is 1. The monoisotopic (exact) mass is 279 g/mol. The van der Waals surface area contributed by atoms with E-state index >= 15 is 0 Å². The van der Waals surface area contributed by atoms with Gasteiger partial charge in [-0.3, -0.25) is 4.79 Å². The van der Waals surface area contributed by atoms with Crippen LogP contribution in [0.25, 0.3) is 0 Å². The number of hydrogen-bond acceptors (Lipinski definition) is 4. The van der Waals surface area contributed by atoms with Crippen LogP contribution in [0, 0.1) is 0 Å². The summed E-state index contributed by atoms with van der Waals surface area (Å²) in [7, 11) is 0. The van der Waals surface area contributed by atoms with Crippen LogP contribution in [0.3, 0.4) is 0 Å². The molecule has 0 aliphatic rings. The average molecular weight is 279 g/mol. The van der Waals surface area contributed by atoms with Gasteiger partial charge in [0.05, 0.1) is 6.42 Å². The van der Waals surface area contributed by atoms with E-state index in [9.17, 15) is 4.79 Å². The molecule has 0 unspecified atom stereocenters. The number of hydrogen-bond donors (Lipinski definition) is 1. The molecule has 0 saturated heterocycles. The van der Waals surface area contributed by atoms with Crippen molar-refractivity contribution in [3.63, 3.8) is 0 Å². The molecule has 3 aromatic rings. The first-order valence-electron chi connectivity index (χ1n) is 6.54. The molecule has 0 radical (unpaired) electrons. The predicted molar refractivity (Wildman–Crippen MR) is 77.9 cm³/mol. The summed E-state index contributed by atoms with van der Waals surface area (Å²) in [6.07, 6.45) is 0.506. The van der Waals surface area contributed by atoms with Crippen molar-refractivity contribution in [2.45, 2.75) is 6.42 Å². The Bertz CT molecular complexity index is 724. The van der Waals surface area contributed by atoms with Crippen LogP contribution in [0.5, 0.6) is 0 Å². The molecule has 0 aliphatic heterocycles. The largest absolute Gasteiger partial charge is 0.417 e. The van der Waals surface area contributed by atoms with Crippen molar-refractivity contribution in [2.75, 3.05) is 5.32 Å². The van der Waals surface area contributed by atoms with Crippen molar-refractivity contribution in [3.8, 4) is 0 Å². The molecule has 0 spiro atoms. The number of nitrogens with one attached hydrogen (secondary N) is 1. The fourth-order valence-electron chi connectivity index (χ4n) is 1.89. The lowest BCUT2D eigenvalue weighted by atomic mass is 10.2. The molecule has 0 bridgehead atoms. The van der Waals surface area contributed by atoms with Crippen LogP contribution in [0.1, 0.15) is 22.1 Å². The Morgan fingerprint density at radius 2 is 1.62 bits per heavy atom. The molecule has 1 N–H and O–H groups in total. The summed E-state index contributed by atoms with van der Waals surface area (Å²) in [4.78, 5) is 12.0. The number of aromatic nitrogens is 2. The second kappa shape index (κ2) is 6.00. The highest BCUT2D eigenvalue weighted by atomic mass is 16.4. The molecule has 1 heterocycles. The smallest absolute Gasteiger partial charge is 0.313 e. The van der Waals surface area contributed by atoms with E-state index in [1.165, 1.54) is 0 Å². The number of para-hydroxylation sites is 1. The van der Waals surface area contributed by atoms with E-state index in [2.05, 4.69) is 15.5 Å². The Morgan fingerprint density at radius 1 is 0.952 bits per heavy atom. The molecule has 0 aliphatic carbocycles. The van der Waals surface area contributed by atoms with Crippen molar-refractivity contribution in [3.05, 3.63) is 78.0 Å². The van der Waals surface area contributed by atoms with E-state index < -0.39 is 5.91 Å². The van der Waals surface area contributed by atoms with Gasteiger partial charge in [0.15, 0.2) is 0 Å². The van der Waals surface area contributed by atoms with Crippen molar-refractivity contribution in [1.29, 1.82) is 0 Å².